The van der Waals surface area contributed by atoms with Gasteiger partial charge in [-0.2, -0.15) is 0 Å². The zero-order valence-corrected chi connectivity index (χ0v) is 11.3. The van der Waals surface area contributed by atoms with E-state index in [1.54, 1.807) is 4.90 Å². The van der Waals surface area contributed by atoms with Gasteiger partial charge in [-0.1, -0.05) is 0 Å². The van der Waals surface area contributed by atoms with E-state index in [-0.39, 0.29) is 22.5 Å². The number of carboxylic acids is 1. The van der Waals surface area contributed by atoms with E-state index in [9.17, 15) is 19.3 Å². The van der Waals surface area contributed by atoms with Crippen LogP contribution in [0.15, 0.2) is 16.6 Å². The molecule has 1 N–H and O–H groups in total. The number of anilines is 1. The summed E-state index contributed by atoms with van der Waals surface area (Å²) in [6.07, 6.45) is 0.0344. The average Bonchev–Trinajstić information content (AvgIpc) is 2.25. The fraction of sp³-hybridized carbons (Fsp3) is 0.364. The summed E-state index contributed by atoms with van der Waals surface area (Å²) in [6.45, 7) is 0.844. The minimum Gasteiger partial charge on any atom is -0.481 e. The number of nitro groups is 1. The highest BCUT2D eigenvalue weighted by Crippen LogP contribution is 2.37. The molecule has 1 aromatic carbocycles. The minimum absolute atomic E-state index is 0.0269. The van der Waals surface area contributed by atoms with Crippen molar-refractivity contribution in [3.8, 4) is 0 Å². The summed E-state index contributed by atoms with van der Waals surface area (Å²) in [5, 5.41) is 19.5. The molecule has 0 saturated carbocycles. The quantitative estimate of drug-likeness (QED) is 0.676. The Morgan fingerprint density at radius 3 is 2.74 bits per heavy atom. The van der Waals surface area contributed by atoms with E-state index in [2.05, 4.69) is 15.9 Å². The molecule has 1 aliphatic rings. The van der Waals surface area contributed by atoms with Gasteiger partial charge in [-0.15, -0.1) is 0 Å². The Kier molecular flexibility index (Phi) is 3.70. The van der Waals surface area contributed by atoms with Gasteiger partial charge in [0.05, 0.1) is 21.9 Å². The summed E-state index contributed by atoms with van der Waals surface area (Å²) in [5.41, 5.74) is -0.00520. The summed E-state index contributed by atoms with van der Waals surface area (Å²) in [5.74, 6) is -1.61. The van der Waals surface area contributed by atoms with Gasteiger partial charge in [-0.25, -0.2) is 4.39 Å². The molecule has 1 aromatic rings. The van der Waals surface area contributed by atoms with Crippen molar-refractivity contribution in [2.45, 2.75) is 6.42 Å². The second-order valence-electron chi connectivity index (χ2n) is 4.38. The number of benzene rings is 1. The summed E-state index contributed by atoms with van der Waals surface area (Å²) in [6, 6.07) is 2.22. The van der Waals surface area contributed by atoms with Gasteiger partial charge in [0.1, 0.15) is 11.5 Å². The van der Waals surface area contributed by atoms with E-state index >= 15 is 0 Å². The fourth-order valence-corrected chi connectivity index (χ4v) is 2.40. The predicted octanol–water partition coefficient (Wildman–Crippen LogP) is 2.41. The van der Waals surface area contributed by atoms with Crippen LogP contribution in [-0.2, 0) is 4.79 Å². The predicted molar refractivity (Wildman–Crippen MR) is 68.7 cm³/mol. The van der Waals surface area contributed by atoms with Crippen molar-refractivity contribution in [3.05, 3.63) is 32.5 Å². The first-order valence-electron chi connectivity index (χ1n) is 5.48. The summed E-state index contributed by atoms with van der Waals surface area (Å²) in [4.78, 5) is 22.5. The zero-order valence-electron chi connectivity index (χ0n) is 9.68. The highest BCUT2D eigenvalue weighted by Gasteiger charge is 2.33. The molecule has 19 heavy (non-hydrogen) atoms. The number of hydrogen-bond acceptors (Lipinski definition) is 4. The molecule has 0 atom stereocenters. The molecule has 8 heteroatoms. The summed E-state index contributed by atoms with van der Waals surface area (Å²) >= 11 is 2.99. The van der Waals surface area contributed by atoms with Crippen molar-refractivity contribution in [1.29, 1.82) is 0 Å². The largest absolute Gasteiger partial charge is 0.481 e. The van der Waals surface area contributed by atoms with Crippen molar-refractivity contribution in [2.24, 2.45) is 5.92 Å². The van der Waals surface area contributed by atoms with Crippen molar-refractivity contribution in [2.75, 3.05) is 18.0 Å². The van der Waals surface area contributed by atoms with Gasteiger partial charge in [0.2, 0.25) is 0 Å². The highest BCUT2D eigenvalue weighted by atomic mass is 79.9. The highest BCUT2D eigenvalue weighted by molar-refractivity contribution is 9.10. The first-order valence-corrected chi connectivity index (χ1v) is 6.28. The molecule has 2 rings (SSSR count). The lowest BCUT2D eigenvalue weighted by molar-refractivity contribution is -0.384. The van der Waals surface area contributed by atoms with Gasteiger partial charge in [0.15, 0.2) is 0 Å². The van der Waals surface area contributed by atoms with Crippen molar-refractivity contribution in [1.82, 2.24) is 0 Å². The van der Waals surface area contributed by atoms with Crippen LogP contribution < -0.4 is 4.90 Å². The Labute approximate surface area is 116 Å². The molecule has 0 spiro atoms. The van der Waals surface area contributed by atoms with E-state index < -0.39 is 16.7 Å². The van der Waals surface area contributed by atoms with Gasteiger partial charge in [-0.05, 0) is 22.0 Å². The molecule has 6 nitrogen and oxygen atoms in total. The number of nitro benzene ring substituents is 1. The van der Waals surface area contributed by atoms with Crippen LogP contribution in [0.3, 0.4) is 0 Å². The third-order valence-electron chi connectivity index (χ3n) is 2.98. The van der Waals surface area contributed by atoms with Gasteiger partial charge < -0.3 is 10.0 Å². The molecule has 0 unspecified atom stereocenters. The molecule has 0 bridgehead atoms. The van der Waals surface area contributed by atoms with Crippen LogP contribution >= 0.6 is 15.9 Å². The van der Waals surface area contributed by atoms with Crippen molar-refractivity contribution in [3.63, 3.8) is 0 Å². The number of aliphatic carboxylic acids is 1. The van der Waals surface area contributed by atoms with Crippen LogP contribution in [0.2, 0.25) is 0 Å². The minimum atomic E-state index is -0.889. The third kappa shape index (κ3) is 2.83. The van der Waals surface area contributed by atoms with Crippen LogP contribution in [0.1, 0.15) is 6.42 Å². The third-order valence-corrected chi connectivity index (χ3v) is 3.58. The lowest BCUT2D eigenvalue weighted by Crippen LogP contribution is -2.47. The molecule has 0 aromatic heterocycles. The van der Waals surface area contributed by atoms with Crippen LogP contribution in [-0.4, -0.2) is 29.1 Å². The normalized spacial score (nSPS) is 15.2. The molecule has 0 amide bonds. The van der Waals surface area contributed by atoms with Crippen LogP contribution in [0.5, 0.6) is 0 Å². The monoisotopic (exact) mass is 332 g/mol. The van der Waals surface area contributed by atoms with E-state index in [0.29, 0.717) is 18.8 Å². The SMILES string of the molecule is O=C(O)CC1CN(c2cc(Br)c(F)cc2[N+](=O)[O-])C1. The number of carbonyl (C=O) groups is 1. The molecule has 102 valence electrons. The van der Waals surface area contributed by atoms with E-state index in [1.807, 2.05) is 0 Å². The van der Waals surface area contributed by atoms with E-state index in [0.717, 1.165) is 6.07 Å². The number of halogens is 2. The number of carboxylic acid groups (broad SMARTS) is 1. The van der Waals surface area contributed by atoms with Crippen molar-refractivity contribution < 1.29 is 19.2 Å². The Morgan fingerprint density at radius 1 is 1.58 bits per heavy atom. The molecule has 1 fully saturated rings. The smallest absolute Gasteiger partial charge is 0.303 e. The maximum absolute atomic E-state index is 13.3. The maximum atomic E-state index is 13.3. The Bertz CT molecular complexity index is 546. The van der Waals surface area contributed by atoms with Gasteiger partial charge in [-0.3, -0.25) is 14.9 Å². The number of hydrogen-bond donors (Lipinski definition) is 1. The van der Waals surface area contributed by atoms with E-state index in [1.165, 1.54) is 6.07 Å². The molecule has 0 aliphatic carbocycles. The summed E-state index contributed by atoms with van der Waals surface area (Å²) in [7, 11) is 0. The first-order chi connectivity index (χ1) is 8.88. The Hall–Kier alpha value is -1.70. The molecular formula is C11H10BrFN2O4. The van der Waals surface area contributed by atoms with Gasteiger partial charge in [0, 0.05) is 19.0 Å². The van der Waals surface area contributed by atoms with Gasteiger partial charge >= 0.3 is 5.97 Å². The van der Waals surface area contributed by atoms with Gasteiger partial charge in [0.25, 0.3) is 5.69 Å². The van der Waals surface area contributed by atoms with Crippen molar-refractivity contribution >= 4 is 33.3 Å². The lowest BCUT2D eigenvalue weighted by atomic mass is 9.95. The fourth-order valence-electron chi connectivity index (χ4n) is 2.07. The standard InChI is InChI=1S/C11H10BrFN2O4/c12-7-2-9(10(15(18)19)3-8(7)13)14-4-6(5-14)1-11(16)17/h2-3,6H,1,4-5H2,(H,16,17). The Morgan fingerprint density at radius 2 is 2.21 bits per heavy atom. The van der Waals surface area contributed by atoms with Crippen LogP contribution in [0.4, 0.5) is 15.8 Å². The second kappa shape index (κ2) is 5.12. The average molecular weight is 333 g/mol. The molecular weight excluding hydrogens is 323 g/mol. The molecule has 1 saturated heterocycles. The van der Waals surface area contributed by atoms with Crippen LogP contribution in [0, 0.1) is 21.8 Å². The number of rotatable bonds is 4. The number of nitrogens with zero attached hydrogens (tertiary/aromatic N) is 2. The second-order valence-corrected chi connectivity index (χ2v) is 5.24. The molecule has 1 heterocycles. The lowest BCUT2D eigenvalue weighted by Gasteiger charge is -2.40. The molecule has 1 aliphatic heterocycles. The Balaban J connectivity index is 2.19. The van der Waals surface area contributed by atoms with Crippen LogP contribution in [0.25, 0.3) is 0 Å². The topological polar surface area (TPSA) is 83.7 Å². The summed E-state index contributed by atoms with van der Waals surface area (Å²) < 4.78 is 13.5. The molecule has 0 radical (unpaired) electrons. The zero-order chi connectivity index (χ0) is 14.2. The first kappa shape index (κ1) is 13.7. The maximum Gasteiger partial charge on any atom is 0.303 e. The van der Waals surface area contributed by atoms with E-state index in [4.69, 9.17) is 5.11 Å².